The molecular formula is C21H10B6F3N3O3. The van der Waals surface area contributed by atoms with Crippen molar-refractivity contribution in [2.75, 3.05) is 0 Å². The fraction of sp³-hybridized carbons (Fsp3) is 0.190. The molecular weight excluding hydrogens is 464 g/mol. The summed E-state index contributed by atoms with van der Waals surface area (Å²) in [7, 11) is 37.1. The zero-order valence-corrected chi connectivity index (χ0v) is 18.4. The molecule has 1 aromatic heterocycles. The zero-order chi connectivity index (χ0) is 26.5. The fourth-order valence-corrected chi connectivity index (χ4v) is 3.62. The van der Waals surface area contributed by atoms with Crippen LogP contribution in [-0.2, 0) is 5.34 Å². The summed E-state index contributed by atoms with van der Waals surface area (Å²) >= 11 is 0. The average molecular weight is 474 g/mol. The first-order valence-electron chi connectivity index (χ1n) is 10.2. The second kappa shape index (κ2) is 8.71. The molecule has 0 spiro atoms. The van der Waals surface area contributed by atoms with E-state index in [1.54, 1.807) is 0 Å². The van der Waals surface area contributed by atoms with Gasteiger partial charge in [-0.25, -0.2) is 9.97 Å². The highest BCUT2D eigenvalue weighted by Gasteiger charge is 2.52. The molecule has 1 amide bonds. The van der Waals surface area contributed by atoms with Gasteiger partial charge in [0, 0.05) is 23.1 Å². The maximum Gasteiger partial charge on any atom is 0.573 e. The molecule has 0 bridgehead atoms. The third-order valence-corrected chi connectivity index (χ3v) is 5.40. The van der Waals surface area contributed by atoms with E-state index in [0.29, 0.717) is 16.0 Å². The Labute approximate surface area is 212 Å². The minimum Gasteiger partial charge on any atom is -0.505 e. The largest absolute Gasteiger partial charge is 0.573 e. The van der Waals surface area contributed by atoms with Gasteiger partial charge in [0.05, 0.1) is 21.3 Å². The lowest BCUT2D eigenvalue weighted by Crippen LogP contribution is -2.74. The molecule has 0 aliphatic carbocycles. The lowest BCUT2D eigenvalue weighted by Gasteiger charge is -2.55. The third-order valence-electron chi connectivity index (χ3n) is 5.40. The molecule has 0 fully saturated rings. The van der Waals surface area contributed by atoms with Crippen LogP contribution in [0.25, 0.3) is 11.1 Å². The van der Waals surface area contributed by atoms with Gasteiger partial charge in [-0.1, -0.05) is 18.2 Å². The number of alkyl halides is 3. The lowest BCUT2D eigenvalue weighted by atomic mass is 9.37. The summed E-state index contributed by atoms with van der Waals surface area (Å²) in [5.41, 5.74) is 0.700. The first kappa shape index (κ1) is 25.9. The van der Waals surface area contributed by atoms with Crippen LogP contribution in [0.2, 0.25) is 0 Å². The van der Waals surface area contributed by atoms with Crippen LogP contribution in [0.1, 0.15) is 16.2 Å². The van der Waals surface area contributed by atoms with E-state index in [0.717, 1.165) is 12.1 Å². The number of fused-ring (bicyclic) bond motifs is 1. The smallest absolute Gasteiger partial charge is 0.505 e. The van der Waals surface area contributed by atoms with E-state index < -0.39 is 34.1 Å². The Hall–Kier alpha value is -3.23. The Bertz CT molecular complexity index is 1290. The molecule has 1 aliphatic rings. The number of hydrogen-bond acceptors (Lipinski definition) is 5. The number of ether oxygens (including phenoxy) is 2. The van der Waals surface area contributed by atoms with Gasteiger partial charge in [-0.3, -0.25) is 4.79 Å². The van der Waals surface area contributed by atoms with E-state index in [4.69, 9.17) is 51.8 Å². The third kappa shape index (κ3) is 4.63. The Morgan fingerprint density at radius 3 is 2.08 bits per heavy atom. The summed E-state index contributed by atoms with van der Waals surface area (Å²) in [6, 6.07) is 10.7. The van der Waals surface area contributed by atoms with Gasteiger partial charge in [-0.2, -0.15) is 0 Å². The fourth-order valence-electron chi connectivity index (χ4n) is 3.62. The van der Waals surface area contributed by atoms with Crippen LogP contribution in [0.15, 0.2) is 60.9 Å². The molecule has 4 rings (SSSR count). The number of nitrogens with zero attached hydrogens (tertiary/aromatic N) is 3. The maximum atomic E-state index is 13.8. The summed E-state index contributed by atoms with van der Waals surface area (Å²) in [5, 5.41) is -7.18. The normalized spacial score (nSPS) is 17.0. The number of halogens is 3. The first-order valence-corrected chi connectivity index (χ1v) is 10.2. The van der Waals surface area contributed by atoms with Crippen molar-refractivity contribution in [3.05, 3.63) is 72.3 Å². The topological polar surface area (TPSA) is 64.6 Å². The molecule has 3 aromatic rings. The molecule has 0 saturated carbocycles. The number of aromatic nitrogens is 2. The van der Waals surface area contributed by atoms with Gasteiger partial charge in [-0.15, -0.1) is 13.2 Å². The monoisotopic (exact) mass is 475 g/mol. The van der Waals surface area contributed by atoms with Gasteiger partial charge in [0.15, 0.2) is 0 Å². The molecule has 166 valence electrons. The SMILES string of the molecule is [B]C([B])(c1ncccn1)N1C(=O)c2cc(-c3ccc(OC(F)(F)F)cc3)ccc2OC([B])([B])C1([B])[B]. The van der Waals surface area contributed by atoms with E-state index in [9.17, 15) is 18.0 Å². The highest BCUT2D eigenvalue weighted by atomic mass is 19.4. The van der Waals surface area contributed by atoms with Crippen molar-refractivity contribution < 1.29 is 27.4 Å². The summed E-state index contributed by atoms with van der Waals surface area (Å²) in [5.74, 6) is -1.67. The Morgan fingerprint density at radius 1 is 0.917 bits per heavy atom. The van der Waals surface area contributed by atoms with Crippen molar-refractivity contribution in [2.24, 2.45) is 0 Å². The van der Waals surface area contributed by atoms with Gasteiger partial charge in [0.2, 0.25) is 0 Å². The number of amides is 1. The number of rotatable bonds is 4. The van der Waals surface area contributed by atoms with Gasteiger partial charge < -0.3 is 14.4 Å². The molecule has 0 unspecified atom stereocenters. The second-order valence-electron chi connectivity index (χ2n) is 8.04. The molecule has 2 aromatic carbocycles. The van der Waals surface area contributed by atoms with Gasteiger partial charge in [-0.05, 0) is 46.8 Å². The van der Waals surface area contributed by atoms with Crippen LogP contribution in [0.5, 0.6) is 11.5 Å². The average Bonchev–Trinajstić information content (AvgIpc) is 2.84. The van der Waals surface area contributed by atoms with Crippen LogP contribution in [-0.4, -0.2) is 85.0 Å². The Morgan fingerprint density at radius 2 is 1.50 bits per heavy atom. The molecule has 2 heterocycles. The van der Waals surface area contributed by atoms with Crippen molar-refractivity contribution in [2.45, 2.75) is 22.4 Å². The number of benzene rings is 2. The number of hydrogen-bond donors (Lipinski definition) is 0. The molecule has 12 radical (unpaired) electrons. The van der Waals surface area contributed by atoms with E-state index in [1.165, 1.54) is 48.8 Å². The number of carbonyl (C=O) groups excluding carboxylic acids is 1. The lowest BCUT2D eigenvalue weighted by molar-refractivity contribution is -0.274. The van der Waals surface area contributed by atoms with E-state index in [1.807, 2.05) is 0 Å². The molecule has 36 heavy (non-hydrogen) atoms. The van der Waals surface area contributed by atoms with Crippen molar-refractivity contribution in [1.29, 1.82) is 0 Å². The van der Waals surface area contributed by atoms with Crippen molar-refractivity contribution in [3.63, 3.8) is 0 Å². The Kier molecular flexibility index (Phi) is 6.25. The number of carbonyl (C=O) groups is 1. The molecule has 0 saturated heterocycles. The minimum absolute atomic E-state index is 0.0988. The zero-order valence-electron chi connectivity index (χ0n) is 18.4. The van der Waals surface area contributed by atoms with Crippen molar-refractivity contribution in [3.8, 4) is 22.6 Å². The Balaban J connectivity index is 1.81. The molecule has 1 aliphatic heterocycles. The van der Waals surface area contributed by atoms with Crippen LogP contribution in [0, 0.1) is 0 Å². The highest BCUT2D eigenvalue weighted by molar-refractivity contribution is 6.55. The van der Waals surface area contributed by atoms with Crippen LogP contribution < -0.4 is 9.47 Å². The summed E-state index contributed by atoms with van der Waals surface area (Å²) < 4.78 is 46.9. The van der Waals surface area contributed by atoms with Gasteiger partial charge in [0.1, 0.15) is 48.7 Å². The maximum absolute atomic E-state index is 13.8. The van der Waals surface area contributed by atoms with E-state index >= 15 is 0 Å². The van der Waals surface area contributed by atoms with E-state index in [-0.39, 0.29) is 17.1 Å². The van der Waals surface area contributed by atoms with Gasteiger partial charge >= 0.3 is 6.36 Å². The van der Waals surface area contributed by atoms with Crippen LogP contribution >= 0.6 is 0 Å². The quantitative estimate of drug-likeness (QED) is 0.529. The summed E-state index contributed by atoms with van der Waals surface area (Å²) in [4.78, 5) is 22.3. The van der Waals surface area contributed by atoms with E-state index in [2.05, 4.69) is 14.7 Å². The van der Waals surface area contributed by atoms with Crippen LogP contribution in [0.4, 0.5) is 13.2 Å². The second-order valence-corrected chi connectivity index (χ2v) is 8.04. The summed E-state index contributed by atoms with van der Waals surface area (Å²) in [6.45, 7) is 0. The summed E-state index contributed by atoms with van der Waals surface area (Å²) in [6.07, 6.45) is -2.17. The molecule has 0 N–H and O–H groups in total. The minimum atomic E-state index is -4.84. The first-order chi connectivity index (χ1) is 16.6. The predicted molar refractivity (Wildman–Crippen MR) is 129 cm³/mol. The standard InChI is InChI=1S/C21H10B6F3N3O3/c22-18(23,17-31-8-1-9-32-17)33-16(34)14-10-12(4-7-15(14)36-20(26,27)19(33,24)25)11-2-5-13(6-3-11)35-21(28,29)30/h1-10H. The van der Waals surface area contributed by atoms with Crippen LogP contribution in [0.3, 0.4) is 0 Å². The molecule has 15 heteroatoms. The highest BCUT2D eigenvalue weighted by Crippen LogP contribution is 2.40. The van der Waals surface area contributed by atoms with Gasteiger partial charge in [0.25, 0.3) is 5.91 Å². The molecule has 0 atom stereocenters. The van der Waals surface area contributed by atoms with Crippen molar-refractivity contribution in [1.82, 2.24) is 14.9 Å². The van der Waals surface area contributed by atoms with Crippen molar-refractivity contribution >= 4 is 53.0 Å². The molecule has 6 nitrogen and oxygen atoms in total. The predicted octanol–water partition coefficient (Wildman–Crippen LogP) is 1.01.